The maximum atomic E-state index is 8.96. The molecule has 0 N–H and O–H groups in total. The van der Waals surface area contributed by atoms with Crippen molar-refractivity contribution in [2.75, 3.05) is 0 Å². The SMILES string of the molecule is C=C(C)n1cc(-c2cccc(C#N)c2)cc1/C=C\C. The van der Waals surface area contributed by atoms with Gasteiger partial charge in [-0.2, -0.15) is 5.26 Å². The molecule has 0 aliphatic carbocycles. The number of allylic oxidation sites excluding steroid dienone is 2. The van der Waals surface area contributed by atoms with Crippen LogP contribution in [0.5, 0.6) is 0 Å². The van der Waals surface area contributed by atoms with Crippen molar-refractivity contribution in [2.45, 2.75) is 13.8 Å². The number of nitriles is 1. The Morgan fingerprint density at radius 2 is 2.11 bits per heavy atom. The minimum atomic E-state index is 0.674. The fraction of sp³-hybridized carbons (Fsp3) is 0.118. The largest absolute Gasteiger partial charge is 0.321 e. The van der Waals surface area contributed by atoms with Gasteiger partial charge in [0.15, 0.2) is 0 Å². The Labute approximate surface area is 113 Å². The molecule has 0 saturated carbocycles. The van der Waals surface area contributed by atoms with Crippen molar-refractivity contribution in [3.8, 4) is 17.2 Å². The Morgan fingerprint density at radius 1 is 1.32 bits per heavy atom. The van der Waals surface area contributed by atoms with Crippen molar-refractivity contribution in [1.82, 2.24) is 4.57 Å². The number of hydrogen-bond acceptors (Lipinski definition) is 1. The van der Waals surface area contributed by atoms with Gasteiger partial charge in [0.25, 0.3) is 0 Å². The molecule has 1 aromatic heterocycles. The summed E-state index contributed by atoms with van der Waals surface area (Å²) >= 11 is 0. The maximum Gasteiger partial charge on any atom is 0.0991 e. The lowest BCUT2D eigenvalue weighted by Crippen LogP contribution is -1.91. The topological polar surface area (TPSA) is 28.7 Å². The van der Waals surface area contributed by atoms with Crippen LogP contribution in [0.1, 0.15) is 25.1 Å². The van der Waals surface area contributed by atoms with Gasteiger partial charge < -0.3 is 4.57 Å². The average Bonchev–Trinajstić information content (AvgIpc) is 2.83. The molecule has 2 aromatic rings. The van der Waals surface area contributed by atoms with E-state index >= 15 is 0 Å². The third kappa shape index (κ3) is 2.66. The number of rotatable bonds is 3. The fourth-order valence-corrected chi connectivity index (χ4v) is 2.04. The second-order valence-corrected chi connectivity index (χ2v) is 4.45. The first-order valence-electron chi connectivity index (χ1n) is 6.17. The van der Waals surface area contributed by atoms with Gasteiger partial charge in [0.05, 0.1) is 11.6 Å². The number of aromatic nitrogens is 1. The fourth-order valence-electron chi connectivity index (χ4n) is 2.04. The van der Waals surface area contributed by atoms with Crippen molar-refractivity contribution >= 4 is 11.8 Å². The van der Waals surface area contributed by atoms with Gasteiger partial charge in [-0.25, -0.2) is 0 Å². The molecule has 0 atom stereocenters. The lowest BCUT2D eigenvalue weighted by Gasteiger charge is -2.03. The Balaban J connectivity index is 2.54. The van der Waals surface area contributed by atoms with Crippen LogP contribution in [-0.2, 0) is 0 Å². The van der Waals surface area contributed by atoms with Crippen LogP contribution in [0, 0.1) is 11.3 Å². The van der Waals surface area contributed by atoms with Gasteiger partial charge in [0.1, 0.15) is 0 Å². The van der Waals surface area contributed by atoms with E-state index < -0.39 is 0 Å². The second kappa shape index (κ2) is 5.41. The van der Waals surface area contributed by atoms with Gasteiger partial charge >= 0.3 is 0 Å². The predicted molar refractivity (Wildman–Crippen MR) is 80.3 cm³/mol. The maximum absolute atomic E-state index is 8.96. The zero-order chi connectivity index (χ0) is 13.8. The lowest BCUT2D eigenvalue weighted by molar-refractivity contribution is 1.09. The quantitative estimate of drug-likeness (QED) is 0.783. The molecule has 94 valence electrons. The van der Waals surface area contributed by atoms with Crippen LogP contribution in [0.25, 0.3) is 22.9 Å². The molecule has 2 heteroatoms. The monoisotopic (exact) mass is 248 g/mol. The molecule has 0 saturated heterocycles. The Morgan fingerprint density at radius 3 is 2.74 bits per heavy atom. The van der Waals surface area contributed by atoms with Gasteiger partial charge in [0.2, 0.25) is 0 Å². The standard InChI is InChI=1S/C17H16N2/c1-4-6-17-10-16(12-19(17)13(2)3)15-8-5-7-14(9-15)11-18/h4-10,12H,2H2,1,3H3/b6-4-. The van der Waals surface area contributed by atoms with Gasteiger partial charge in [0, 0.05) is 23.2 Å². The molecule has 0 aliphatic heterocycles. The molecule has 19 heavy (non-hydrogen) atoms. The number of nitrogens with zero attached hydrogens (tertiary/aromatic N) is 2. The summed E-state index contributed by atoms with van der Waals surface area (Å²) < 4.78 is 2.05. The molecule has 2 rings (SSSR count). The summed E-state index contributed by atoms with van der Waals surface area (Å²) in [6.07, 6.45) is 6.10. The minimum Gasteiger partial charge on any atom is -0.321 e. The highest BCUT2D eigenvalue weighted by molar-refractivity contribution is 5.70. The highest BCUT2D eigenvalue weighted by Gasteiger charge is 2.06. The van der Waals surface area contributed by atoms with E-state index in [0.29, 0.717) is 5.56 Å². The highest BCUT2D eigenvalue weighted by Crippen LogP contribution is 2.25. The van der Waals surface area contributed by atoms with Gasteiger partial charge in [-0.1, -0.05) is 24.8 Å². The predicted octanol–water partition coefficient (Wildman–Crippen LogP) is 4.55. The third-order valence-corrected chi connectivity index (χ3v) is 2.92. The van der Waals surface area contributed by atoms with Crippen LogP contribution in [0.2, 0.25) is 0 Å². The van der Waals surface area contributed by atoms with Crippen LogP contribution in [0.15, 0.2) is 49.2 Å². The summed E-state index contributed by atoms with van der Waals surface area (Å²) in [6, 6.07) is 11.9. The average molecular weight is 248 g/mol. The summed E-state index contributed by atoms with van der Waals surface area (Å²) in [7, 11) is 0. The van der Waals surface area contributed by atoms with E-state index in [1.54, 1.807) is 0 Å². The zero-order valence-corrected chi connectivity index (χ0v) is 11.2. The van der Waals surface area contributed by atoms with E-state index in [4.69, 9.17) is 5.26 Å². The first-order valence-corrected chi connectivity index (χ1v) is 6.17. The molecule has 0 fully saturated rings. The Bertz CT molecular complexity index is 682. The summed E-state index contributed by atoms with van der Waals surface area (Å²) in [6.45, 7) is 7.95. The van der Waals surface area contributed by atoms with Crippen molar-refractivity contribution in [3.63, 3.8) is 0 Å². The Kier molecular flexibility index (Phi) is 3.68. The van der Waals surface area contributed by atoms with E-state index in [1.165, 1.54) is 0 Å². The molecular formula is C17H16N2. The number of hydrogen-bond donors (Lipinski definition) is 0. The van der Waals surface area contributed by atoms with Crippen LogP contribution in [0.4, 0.5) is 0 Å². The molecular weight excluding hydrogens is 232 g/mol. The molecule has 2 nitrogen and oxygen atoms in total. The molecule has 0 radical (unpaired) electrons. The van der Waals surface area contributed by atoms with E-state index in [9.17, 15) is 0 Å². The summed E-state index contributed by atoms with van der Waals surface area (Å²) in [5, 5.41) is 8.96. The van der Waals surface area contributed by atoms with Crippen molar-refractivity contribution in [1.29, 1.82) is 5.26 Å². The Hall–Kier alpha value is -2.53. The van der Waals surface area contributed by atoms with Gasteiger partial charge in [-0.3, -0.25) is 0 Å². The molecule has 1 aromatic carbocycles. The molecule has 0 spiro atoms. The van der Waals surface area contributed by atoms with E-state index in [2.05, 4.69) is 18.7 Å². The summed E-state index contributed by atoms with van der Waals surface area (Å²) in [5.41, 5.74) is 4.87. The van der Waals surface area contributed by atoms with E-state index in [-0.39, 0.29) is 0 Å². The van der Waals surface area contributed by atoms with Crippen LogP contribution in [0.3, 0.4) is 0 Å². The zero-order valence-electron chi connectivity index (χ0n) is 11.2. The van der Waals surface area contributed by atoms with Crippen molar-refractivity contribution in [3.05, 3.63) is 60.4 Å². The summed E-state index contributed by atoms with van der Waals surface area (Å²) in [5.74, 6) is 0. The van der Waals surface area contributed by atoms with Crippen molar-refractivity contribution in [2.24, 2.45) is 0 Å². The van der Waals surface area contributed by atoms with E-state index in [0.717, 1.165) is 22.5 Å². The smallest absolute Gasteiger partial charge is 0.0991 e. The first kappa shape index (κ1) is 12.9. The van der Waals surface area contributed by atoms with Gasteiger partial charge in [-0.15, -0.1) is 0 Å². The highest BCUT2D eigenvalue weighted by atomic mass is 15.0. The third-order valence-electron chi connectivity index (χ3n) is 2.92. The van der Waals surface area contributed by atoms with Crippen LogP contribution in [-0.4, -0.2) is 4.57 Å². The summed E-state index contributed by atoms with van der Waals surface area (Å²) in [4.78, 5) is 0. The van der Waals surface area contributed by atoms with E-state index in [1.807, 2.05) is 61.0 Å². The van der Waals surface area contributed by atoms with Crippen LogP contribution < -0.4 is 0 Å². The van der Waals surface area contributed by atoms with Crippen LogP contribution >= 0.6 is 0 Å². The second-order valence-electron chi connectivity index (χ2n) is 4.45. The first-order chi connectivity index (χ1) is 9.15. The lowest BCUT2D eigenvalue weighted by atomic mass is 10.1. The van der Waals surface area contributed by atoms with Crippen molar-refractivity contribution < 1.29 is 0 Å². The normalized spacial score (nSPS) is 10.6. The molecule has 0 bridgehead atoms. The molecule has 0 amide bonds. The minimum absolute atomic E-state index is 0.674. The molecule has 1 heterocycles. The van der Waals surface area contributed by atoms with Gasteiger partial charge in [-0.05, 0) is 43.7 Å². The molecule has 0 unspecified atom stereocenters. The number of benzene rings is 1. The molecule has 0 aliphatic rings.